The Morgan fingerprint density at radius 2 is 1.67 bits per heavy atom. The van der Waals surface area contributed by atoms with Crippen molar-refractivity contribution in [2.75, 3.05) is 39.5 Å². The van der Waals surface area contributed by atoms with Crippen molar-refractivity contribution in [3.63, 3.8) is 0 Å². The van der Waals surface area contributed by atoms with Crippen LogP contribution in [0.4, 0.5) is 0 Å². The van der Waals surface area contributed by atoms with Crippen molar-refractivity contribution in [1.29, 1.82) is 0 Å². The lowest BCUT2D eigenvalue weighted by Crippen LogP contribution is -2.67. The summed E-state index contributed by atoms with van der Waals surface area (Å²) in [4.78, 5) is 28.6. The highest BCUT2D eigenvalue weighted by Crippen LogP contribution is 2.77. The highest BCUT2D eigenvalue weighted by Gasteiger charge is 2.72. The Bertz CT molecular complexity index is 1080. The van der Waals surface area contributed by atoms with Crippen LogP contribution in [0, 0.1) is 56.7 Å². The van der Waals surface area contributed by atoms with E-state index in [1.165, 1.54) is 19.3 Å². The first-order chi connectivity index (χ1) is 19.8. The number of nitrogens with zero attached hydrogens (tertiary/aromatic N) is 1. The van der Waals surface area contributed by atoms with E-state index in [-0.39, 0.29) is 45.6 Å². The van der Waals surface area contributed by atoms with E-state index in [4.69, 9.17) is 9.47 Å². The summed E-state index contributed by atoms with van der Waals surface area (Å²) in [7, 11) is 0. The number of fused-ring (bicyclic) bond motifs is 7. The van der Waals surface area contributed by atoms with Gasteiger partial charge in [0.25, 0.3) is 0 Å². The van der Waals surface area contributed by atoms with Crippen molar-refractivity contribution in [3.8, 4) is 0 Å². The predicted octanol–water partition coefficient (Wildman–Crippen LogP) is 6.06. The van der Waals surface area contributed by atoms with Crippen LogP contribution < -0.4 is 0 Å². The van der Waals surface area contributed by atoms with Crippen molar-refractivity contribution in [2.24, 2.45) is 56.7 Å². The Hall–Kier alpha value is -1.24. The number of morpholine rings is 1. The highest BCUT2D eigenvalue weighted by atomic mass is 16.5. The smallest absolute Gasteiger partial charge is 0.312 e. The lowest BCUT2D eigenvalue weighted by molar-refractivity contribution is -0.248. The van der Waals surface area contributed by atoms with E-state index in [0.717, 1.165) is 84.1 Å². The summed E-state index contributed by atoms with van der Waals surface area (Å²) in [6, 6.07) is 0. The first kappa shape index (κ1) is 30.8. The van der Waals surface area contributed by atoms with Crippen LogP contribution in [0.2, 0.25) is 0 Å². The molecule has 6 aliphatic rings. The quantitative estimate of drug-likeness (QED) is 0.233. The van der Waals surface area contributed by atoms with Gasteiger partial charge in [-0.3, -0.25) is 14.5 Å². The molecule has 6 nitrogen and oxygen atoms in total. The number of aliphatic hydroxyl groups is 1. The maximum atomic E-state index is 14.2. The summed E-state index contributed by atoms with van der Waals surface area (Å²) in [6.45, 7) is 21.0. The van der Waals surface area contributed by atoms with Crippen LogP contribution in [0.25, 0.3) is 0 Å². The Labute approximate surface area is 254 Å². The molecule has 6 heteroatoms. The zero-order valence-electron chi connectivity index (χ0n) is 27.1. The van der Waals surface area contributed by atoms with E-state index in [0.29, 0.717) is 29.9 Å². The molecule has 0 aromatic heterocycles. The van der Waals surface area contributed by atoms with Gasteiger partial charge >= 0.3 is 5.97 Å². The number of carbonyl (C=O) groups excluding carboxylic acids is 2. The van der Waals surface area contributed by atoms with Crippen molar-refractivity contribution < 1.29 is 24.2 Å². The maximum Gasteiger partial charge on any atom is 0.312 e. The molecule has 5 aliphatic carbocycles. The van der Waals surface area contributed by atoms with Crippen molar-refractivity contribution in [2.45, 2.75) is 105 Å². The lowest BCUT2D eigenvalue weighted by atomic mass is 9.32. The minimum absolute atomic E-state index is 0.0185. The van der Waals surface area contributed by atoms with Gasteiger partial charge in [0.05, 0.1) is 24.7 Å². The molecule has 42 heavy (non-hydrogen) atoms. The minimum Gasteiger partial charge on any atom is -0.464 e. The third-order valence-corrected chi connectivity index (χ3v) is 15.2. The average Bonchev–Trinajstić information content (AvgIpc) is 3.37. The number of esters is 1. The Morgan fingerprint density at radius 3 is 2.38 bits per heavy atom. The first-order valence-corrected chi connectivity index (χ1v) is 17.1. The van der Waals surface area contributed by atoms with E-state index in [2.05, 4.69) is 46.1 Å². The van der Waals surface area contributed by atoms with Crippen LogP contribution in [0.1, 0.15) is 98.8 Å². The number of aliphatic hydroxyl groups excluding tert-OH is 1. The van der Waals surface area contributed by atoms with Gasteiger partial charge in [0.15, 0.2) is 0 Å². The van der Waals surface area contributed by atoms with E-state index < -0.39 is 5.41 Å². The Balaban J connectivity index is 1.29. The van der Waals surface area contributed by atoms with E-state index in [9.17, 15) is 14.7 Å². The van der Waals surface area contributed by atoms with Crippen LogP contribution in [-0.4, -0.2) is 67.8 Å². The Kier molecular flexibility index (Phi) is 7.83. The van der Waals surface area contributed by atoms with Gasteiger partial charge in [-0.2, -0.15) is 0 Å². The molecule has 10 atom stereocenters. The molecule has 0 bridgehead atoms. The number of rotatable bonds is 6. The van der Waals surface area contributed by atoms with Gasteiger partial charge in [-0.1, -0.05) is 41.2 Å². The first-order valence-electron chi connectivity index (χ1n) is 17.1. The SMILES string of the molecule is C=C(C=O)[C@@H]1CC[C@]2(C(=O)OCCN3CCOCC3)CC[C@]3(C)[C@H](CC[C@@H]4[C@@]5(C)CC[C@H](O)C(C)(C)[C@@H]5CC[C@]43C)[C@@H]12. The summed E-state index contributed by atoms with van der Waals surface area (Å²) in [6.07, 6.45) is 11.0. The number of ether oxygens (including phenoxy) is 2. The van der Waals surface area contributed by atoms with Crippen molar-refractivity contribution in [1.82, 2.24) is 4.90 Å². The molecular formula is C36H57NO5. The van der Waals surface area contributed by atoms with Gasteiger partial charge in [-0.05, 0) is 121 Å². The molecule has 1 heterocycles. The fourth-order valence-corrected chi connectivity index (χ4v) is 12.7. The summed E-state index contributed by atoms with van der Waals surface area (Å²) in [5, 5.41) is 11.0. The molecule has 0 aromatic rings. The minimum atomic E-state index is -0.507. The monoisotopic (exact) mass is 583 g/mol. The van der Waals surface area contributed by atoms with E-state index >= 15 is 0 Å². The summed E-state index contributed by atoms with van der Waals surface area (Å²) in [5.74, 6) is 1.69. The fraction of sp³-hybridized carbons (Fsp3) is 0.889. The normalized spacial score (nSPS) is 48.2. The fourth-order valence-electron chi connectivity index (χ4n) is 12.7. The number of hydrogen-bond acceptors (Lipinski definition) is 6. The number of hydrogen-bond donors (Lipinski definition) is 1. The second-order valence-corrected chi connectivity index (χ2v) is 16.7. The average molecular weight is 584 g/mol. The van der Waals surface area contributed by atoms with Gasteiger partial charge < -0.3 is 14.6 Å². The Morgan fingerprint density at radius 1 is 0.929 bits per heavy atom. The van der Waals surface area contributed by atoms with Gasteiger partial charge in [-0.25, -0.2) is 0 Å². The zero-order valence-corrected chi connectivity index (χ0v) is 27.1. The van der Waals surface area contributed by atoms with Crippen LogP contribution in [0.5, 0.6) is 0 Å². The highest BCUT2D eigenvalue weighted by molar-refractivity contribution is 5.80. The van der Waals surface area contributed by atoms with Gasteiger partial charge in [-0.15, -0.1) is 0 Å². The summed E-state index contributed by atoms with van der Waals surface area (Å²) >= 11 is 0. The molecule has 0 unspecified atom stereocenters. The third kappa shape index (κ3) is 4.27. The third-order valence-electron chi connectivity index (χ3n) is 15.2. The summed E-state index contributed by atoms with van der Waals surface area (Å²) < 4.78 is 11.6. The van der Waals surface area contributed by atoms with Crippen molar-refractivity contribution >= 4 is 12.3 Å². The molecule has 1 aliphatic heterocycles. The van der Waals surface area contributed by atoms with Crippen LogP contribution in [-0.2, 0) is 19.1 Å². The molecule has 0 spiro atoms. The van der Waals surface area contributed by atoms with Gasteiger partial charge in [0, 0.05) is 19.6 Å². The molecule has 0 aromatic carbocycles. The molecule has 6 fully saturated rings. The molecule has 6 rings (SSSR count). The molecule has 1 saturated heterocycles. The number of allylic oxidation sites excluding steroid dienone is 1. The second-order valence-electron chi connectivity index (χ2n) is 16.7. The van der Waals surface area contributed by atoms with Crippen LogP contribution >= 0.6 is 0 Å². The lowest BCUT2D eigenvalue weighted by Gasteiger charge is -2.72. The number of aldehydes is 1. The van der Waals surface area contributed by atoms with Gasteiger partial charge in [0.1, 0.15) is 12.9 Å². The predicted molar refractivity (Wildman–Crippen MR) is 164 cm³/mol. The summed E-state index contributed by atoms with van der Waals surface area (Å²) in [5.41, 5.74) is 0.597. The van der Waals surface area contributed by atoms with Crippen LogP contribution in [0.3, 0.4) is 0 Å². The molecule has 0 amide bonds. The molecular weight excluding hydrogens is 526 g/mol. The molecule has 5 saturated carbocycles. The second kappa shape index (κ2) is 10.7. The maximum absolute atomic E-state index is 14.2. The van der Waals surface area contributed by atoms with E-state index in [1.807, 2.05) is 0 Å². The van der Waals surface area contributed by atoms with Gasteiger partial charge in [0.2, 0.25) is 0 Å². The zero-order chi connectivity index (χ0) is 30.1. The van der Waals surface area contributed by atoms with Crippen molar-refractivity contribution in [3.05, 3.63) is 12.2 Å². The van der Waals surface area contributed by atoms with Crippen LogP contribution in [0.15, 0.2) is 12.2 Å². The molecule has 236 valence electrons. The number of carbonyl (C=O) groups is 2. The largest absolute Gasteiger partial charge is 0.464 e. The molecule has 0 radical (unpaired) electrons. The molecule has 1 N–H and O–H groups in total. The van der Waals surface area contributed by atoms with E-state index in [1.54, 1.807) is 0 Å². The topological polar surface area (TPSA) is 76.1 Å². The standard InChI is InChI=1S/C36H57NO5/c1-24(23-38)25-9-14-36(31(40)42-22-19-37-17-20-41-21-18-37)16-15-34(5)26(30(25)36)7-8-28-33(4)12-11-29(39)32(2,3)27(33)10-13-35(28,34)6/h23,25-30,39H,1,7-22H2,2-6H3/t25-,26+,27-,28+,29-,30+,33-,34+,35+,36-/m0/s1.